The summed E-state index contributed by atoms with van der Waals surface area (Å²) in [7, 11) is 1.92. The number of rotatable bonds is 6. The van der Waals surface area contributed by atoms with Crippen molar-refractivity contribution in [2.45, 2.75) is 76.4 Å². The number of likely N-dealkylation sites (tertiary alicyclic amines) is 2. The first kappa shape index (κ1) is 26.0. The highest BCUT2D eigenvalue weighted by Gasteiger charge is 2.48. The van der Waals surface area contributed by atoms with Crippen LogP contribution in [0.5, 0.6) is 5.75 Å². The molecule has 1 spiro atoms. The zero-order valence-corrected chi connectivity index (χ0v) is 22.4. The molecule has 4 aliphatic rings. The van der Waals surface area contributed by atoms with Crippen molar-refractivity contribution in [1.29, 1.82) is 0 Å². The van der Waals surface area contributed by atoms with E-state index in [1.165, 1.54) is 19.3 Å². The van der Waals surface area contributed by atoms with Gasteiger partial charge in [0.05, 0.1) is 5.56 Å². The number of nitrogens with zero attached hydrogens (tertiary/aromatic N) is 3. The number of carbonyl (C=O) groups excluding carboxylic acids is 3. The zero-order valence-electron chi connectivity index (χ0n) is 22.4. The van der Waals surface area contributed by atoms with Crippen molar-refractivity contribution in [3.63, 3.8) is 0 Å². The number of esters is 1. The number of piperidine rings is 2. The Balaban J connectivity index is 1.16. The standard InChI is InChI=1S/C29H41N3O5/c1-21(33)32-16-10-23(11-17-32)36-24-6-7-26-25(20-24)28(35)37-29(26)12-8-22(9-13-29)27(34)30(2)18-19-31-14-4-3-5-15-31/h6-7,20,22-23H,3-5,8-19H2,1-2H3/t22-,29-. The van der Waals surface area contributed by atoms with Crippen LogP contribution in [-0.4, -0.2) is 84.9 Å². The summed E-state index contributed by atoms with van der Waals surface area (Å²) in [5.74, 6) is 0.687. The second kappa shape index (κ2) is 11.0. The van der Waals surface area contributed by atoms with E-state index in [0.29, 0.717) is 37.2 Å². The van der Waals surface area contributed by atoms with Gasteiger partial charge in [-0.15, -0.1) is 0 Å². The van der Waals surface area contributed by atoms with E-state index in [1.807, 2.05) is 35.0 Å². The van der Waals surface area contributed by atoms with E-state index in [0.717, 1.165) is 57.4 Å². The first-order chi connectivity index (χ1) is 17.8. The second-order valence-electron chi connectivity index (χ2n) is 11.4. The molecule has 0 aromatic heterocycles. The maximum atomic E-state index is 13.1. The van der Waals surface area contributed by atoms with Gasteiger partial charge in [-0.3, -0.25) is 9.59 Å². The van der Waals surface area contributed by atoms with Gasteiger partial charge in [-0.2, -0.15) is 0 Å². The minimum absolute atomic E-state index is 0.0109. The van der Waals surface area contributed by atoms with E-state index in [9.17, 15) is 14.4 Å². The molecule has 1 aromatic rings. The van der Waals surface area contributed by atoms with E-state index in [1.54, 1.807) is 6.92 Å². The Morgan fingerprint density at radius 1 is 1.05 bits per heavy atom. The quantitative estimate of drug-likeness (QED) is 0.544. The zero-order chi connectivity index (χ0) is 26.0. The van der Waals surface area contributed by atoms with Crippen molar-refractivity contribution >= 4 is 17.8 Å². The Hall–Kier alpha value is -2.61. The molecule has 2 amide bonds. The third-order valence-corrected chi connectivity index (χ3v) is 8.90. The lowest BCUT2D eigenvalue weighted by molar-refractivity contribution is -0.137. The average molecular weight is 512 g/mol. The Labute approximate surface area is 220 Å². The molecule has 37 heavy (non-hydrogen) atoms. The van der Waals surface area contributed by atoms with Crippen LogP contribution in [0, 0.1) is 5.92 Å². The van der Waals surface area contributed by atoms with Gasteiger partial charge < -0.3 is 24.2 Å². The van der Waals surface area contributed by atoms with Crippen molar-refractivity contribution in [2.24, 2.45) is 5.92 Å². The van der Waals surface area contributed by atoms with Crippen molar-refractivity contribution in [2.75, 3.05) is 46.3 Å². The highest BCUT2D eigenvalue weighted by Crippen LogP contribution is 2.49. The molecule has 0 bridgehead atoms. The predicted octanol–water partition coefficient (Wildman–Crippen LogP) is 3.58. The molecule has 0 N–H and O–H groups in total. The van der Waals surface area contributed by atoms with E-state index < -0.39 is 5.60 Å². The molecule has 5 rings (SSSR count). The molecular formula is C29H41N3O5. The lowest BCUT2D eigenvalue weighted by Gasteiger charge is -2.37. The Kier molecular flexibility index (Phi) is 7.75. The van der Waals surface area contributed by atoms with Crippen molar-refractivity contribution in [1.82, 2.24) is 14.7 Å². The van der Waals surface area contributed by atoms with Gasteiger partial charge in [0.1, 0.15) is 17.5 Å². The summed E-state index contributed by atoms with van der Waals surface area (Å²) in [6.07, 6.45) is 8.25. The number of benzene rings is 1. The topological polar surface area (TPSA) is 79.4 Å². The second-order valence-corrected chi connectivity index (χ2v) is 11.4. The summed E-state index contributed by atoms with van der Waals surface area (Å²) < 4.78 is 12.2. The van der Waals surface area contributed by atoms with Gasteiger partial charge in [-0.1, -0.05) is 12.5 Å². The summed E-state index contributed by atoms with van der Waals surface area (Å²) in [5.41, 5.74) is 0.892. The lowest BCUT2D eigenvalue weighted by atomic mass is 9.74. The third-order valence-electron chi connectivity index (χ3n) is 8.90. The van der Waals surface area contributed by atoms with Crippen LogP contribution in [0.3, 0.4) is 0 Å². The highest BCUT2D eigenvalue weighted by molar-refractivity contribution is 5.95. The van der Waals surface area contributed by atoms with E-state index >= 15 is 0 Å². The molecule has 2 saturated heterocycles. The minimum Gasteiger partial charge on any atom is -0.490 e. The summed E-state index contributed by atoms with van der Waals surface area (Å²) in [5, 5.41) is 0. The first-order valence-corrected chi connectivity index (χ1v) is 14.1. The molecule has 3 fully saturated rings. The fraction of sp³-hybridized carbons (Fsp3) is 0.690. The van der Waals surface area contributed by atoms with Gasteiger partial charge in [0.2, 0.25) is 11.8 Å². The van der Waals surface area contributed by atoms with Crippen molar-refractivity contribution < 1.29 is 23.9 Å². The molecule has 0 unspecified atom stereocenters. The van der Waals surface area contributed by atoms with Crippen LogP contribution < -0.4 is 4.74 Å². The molecule has 1 aliphatic carbocycles. The molecule has 3 aliphatic heterocycles. The van der Waals surface area contributed by atoms with Gasteiger partial charge in [-0.25, -0.2) is 4.79 Å². The molecular weight excluding hydrogens is 470 g/mol. The van der Waals surface area contributed by atoms with Crippen LogP contribution in [0.4, 0.5) is 0 Å². The van der Waals surface area contributed by atoms with Crippen LogP contribution in [-0.2, 0) is 19.9 Å². The summed E-state index contributed by atoms with van der Waals surface area (Å²) >= 11 is 0. The fourth-order valence-corrected chi connectivity index (χ4v) is 6.53. The Morgan fingerprint density at radius 2 is 1.76 bits per heavy atom. The molecule has 202 valence electrons. The smallest absolute Gasteiger partial charge is 0.339 e. The first-order valence-electron chi connectivity index (χ1n) is 14.1. The summed E-state index contributed by atoms with van der Waals surface area (Å²) in [6, 6.07) is 5.73. The monoisotopic (exact) mass is 511 g/mol. The van der Waals surface area contributed by atoms with Gasteiger partial charge in [0, 0.05) is 64.5 Å². The number of likely N-dealkylation sites (N-methyl/N-ethyl adjacent to an activating group) is 1. The van der Waals surface area contributed by atoms with Gasteiger partial charge >= 0.3 is 5.97 Å². The molecule has 0 radical (unpaired) electrons. The number of fused-ring (bicyclic) bond motifs is 2. The molecule has 8 heteroatoms. The Bertz CT molecular complexity index is 1000. The SMILES string of the molecule is CC(=O)N1CCC(Oc2ccc3c(c2)C(=O)O[C@]32CC[C@H](C(=O)N(C)CCN3CCCCC3)CC2)CC1. The molecule has 1 aromatic carbocycles. The maximum absolute atomic E-state index is 13.1. The molecule has 1 saturated carbocycles. The van der Waals surface area contributed by atoms with E-state index in [2.05, 4.69) is 4.90 Å². The molecule has 0 atom stereocenters. The van der Waals surface area contributed by atoms with Crippen molar-refractivity contribution in [3.05, 3.63) is 29.3 Å². The van der Waals surface area contributed by atoms with E-state index in [4.69, 9.17) is 9.47 Å². The van der Waals surface area contributed by atoms with Crippen LogP contribution in [0.15, 0.2) is 18.2 Å². The molecule has 3 heterocycles. The average Bonchev–Trinajstić information content (AvgIpc) is 3.18. The number of amides is 2. The van der Waals surface area contributed by atoms with Gasteiger partial charge in [0.25, 0.3) is 0 Å². The van der Waals surface area contributed by atoms with Gasteiger partial charge in [0.15, 0.2) is 0 Å². The largest absolute Gasteiger partial charge is 0.490 e. The van der Waals surface area contributed by atoms with E-state index in [-0.39, 0.29) is 29.8 Å². The minimum atomic E-state index is -0.624. The number of hydrogen-bond acceptors (Lipinski definition) is 6. The summed E-state index contributed by atoms with van der Waals surface area (Å²) in [6.45, 7) is 7.00. The third kappa shape index (κ3) is 5.64. The Morgan fingerprint density at radius 3 is 2.43 bits per heavy atom. The van der Waals surface area contributed by atoms with Crippen LogP contribution in [0.25, 0.3) is 0 Å². The normalized spacial score (nSPS) is 26.6. The van der Waals surface area contributed by atoms with Crippen LogP contribution in [0.2, 0.25) is 0 Å². The maximum Gasteiger partial charge on any atom is 0.339 e. The molecule has 8 nitrogen and oxygen atoms in total. The fourth-order valence-electron chi connectivity index (χ4n) is 6.53. The van der Waals surface area contributed by atoms with Crippen molar-refractivity contribution in [3.8, 4) is 5.75 Å². The number of carbonyl (C=O) groups is 3. The van der Waals surface area contributed by atoms with Crippen LogP contribution >= 0.6 is 0 Å². The lowest BCUT2D eigenvalue weighted by Crippen LogP contribution is -2.43. The number of hydrogen-bond donors (Lipinski definition) is 0. The summed E-state index contributed by atoms with van der Waals surface area (Å²) in [4.78, 5) is 43.8. The number of ether oxygens (including phenoxy) is 2. The van der Waals surface area contributed by atoms with Gasteiger partial charge in [-0.05, 0) is 63.7 Å². The van der Waals surface area contributed by atoms with Crippen LogP contribution in [0.1, 0.15) is 80.6 Å². The predicted molar refractivity (Wildman–Crippen MR) is 139 cm³/mol. The highest BCUT2D eigenvalue weighted by atomic mass is 16.6.